The number of esters is 1. The first-order chi connectivity index (χ1) is 14.3. The number of hydrogen-bond donors (Lipinski definition) is 3. The molecule has 0 aliphatic heterocycles. The first-order valence-corrected chi connectivity index (χ1v) is 9.13. The standard InChI is InChI=1S/C19H20ClN3O7/c1-11(18(25)22-16-9-12(20)3-6-17(16)29-2)30-19(26)14-10-13(23(27)28)4-5-15(14)21-7-8-24/h3-6,9-11,21,24H,7-8H2,1-2H3,(H,22,25). The number of nitrogens with one attached hydrogen (secondary N) is 2. The van der Waals surface area contributed by atoms with Crippen LogP contribution in [0.1, 0.15) is 17.3 Å². The summed E-state index contributed by atoms with van der Waals surface area (Å²) in [6.07, 6.45) is -1.23. The minimum atomic E-state index is -1.23. The van der Waals surface area contributed by atoms with Gasteiger partial charge in [0.15, 0.2) is 6.10 Å². The number of ether oxygens (including phenoxy) is 2. The van der Waals surface area contributed by atoms with Crippen molar-refractivity contribution in [2.45, 2.75) is 13.0 Å². The third kappa shape index (κ3) is 5.82. The van der Waals surface area contributed by atoms with E-state index in [4.69, 9.17) is 26.2 Å². The Hall–Kier alpha value is -3.37. The number of non-ortho nitro benzene ring substituents is 1. The first kappa shape index (κ1) is 22.9. The average Bonchev–Trinajstić information content (AvgIpc) is 2.72. The predicted molar refractivity (Wildman–Crippen MR) is 110 cm³/mol. The SMILES string of the molecule is COc1ccc(Cl)cc1NC(=O)C(C)OC(=O)c1cc([N+](=O)[O-])ccc1NCCO. The number of aliphatic hydroxyl groups excluding tert-OH is 1. The Morgan fingerprint density at radius 2 is 1.97 bits per heavy atom. The molecule has 10 nitrogen and oxygen atoms in total. The number of anilines is 2. The number of carbonyl (C=O) groups excluding carboxylic acids is 2. The molecule has 0 saturated heterocycles. The van der Waals surface area contributed by atoms with E-state index in [1.165, 1.54) is 32.2 Å². The molecule has 0 bridgehead atoms. The lowest BCUT2D eigenvalue weighted by molar-refractivity contribution is -0.384. The van der Waals surface area contributed by atoms with E-state index in [2.05, 4.69) is 10.6 Å². The Morgan fingerprint density at radius 3 is 2.60 bits per heavy atom. The van der Waals surface area contributed by atoms with Crippen LogP contribution >= 0.6 is 11.6 Å². The number of halogens is 1. The number of hydrogen-bond acceptors (Lipinski definition) is 8. The largest absolute Gasteiger partial charge is 0.495 e. The Morgan fingerprint density at radius 1 is 1.23 bits per heavy atom. The molecule has 3 N–H and O–H groups in total. The summed E-state index contributed by atoms with van der Waals surface area (Å²) in [5, 5.41) is 25.7. The molecule has 0 aromatic heterocycles. The van der Waals surface area contributed by atoms with Gasteiger partial charge in [0.05, 0.1) is 29.9 Å². The maximum atomic E-state index is 12.6. The number of aliphatic hydroxyl groups is 1. The van der Waals surface area contributed by atoms with E-state index in [1.807, 2.05) is 0 Å². The number of amides is 1. The molecular formula is C19H20ClN3O7. The second-order valence-electron chi connectivity index (χ2n) is 6.02. The molecule has 1 atom stereocenters. The number of benzene rings is 2. The third-order valence-corrected chi connectivity index (χ3v) is 4.17. The fourth-order valence-corrected chi connectivity index (χ4v) is 2.62. The Labute approximate surface area is 176 Å². The zero-order valence-electron chi connectivity index (χ0n) is 16.2. The molecule has 2 aromatic rings. The summed E-state index contributed by atoms with van der Waals surface area (Å²) in [7, 11) is 1.42. The molecule has 160 valence electrons. The van der Waals surface area contributed by atoms with Crippen molar-refractivity contribution in [1.82, 2.24) is 0 Å². The van der Waals surface area contributed by atoms with Crippen LogP contribution in [0.5, 0.6) is 5.75 Å². The number of nitrogens with zero attached hydrogens (tertiary/aromatic N) is 1. The van der Waals surface area contributed by atoms with Gasteiger partial charge in [-0.3, -0.25) is 14.9 Å². The molecule has 0 heterocycles. The fourth-order valence-electron chi connectivity index (χ4n) is 2.45. The van der Waals surface area contributed by atoms with E-state index in [9.17, 15) is 19.7 Å². The second-order valence-corrected chi connectivity index (χ2v) is 6.46. The highest BCUT2D eigenvalue weighted by Gasteiger charge is 2.24. The van der Waals surface area contributed by atoms with Gasteiger partial charge in [-0.05, 0) is 31.2 Å². The van der Waals surface area contributed by atoms with Crippen molar-refractivity contribution < 1.29 is 29.1 Å². The third-order valence-electron chi connectivity index (χ3n) is 3.93. The van der Waals surface area contributed by atoms with Gasteiger partial charge in [-0.2, -0.15) is 0 Å². The van der Waals surface area contributed by atoms with Gasteiger partial charge in [-0.15, -0.1) is 0 Å². The van der Waals surface area contributed by atoms with Crippen LogP contribution in [0.25, 0.3) is 0 Å². The van der Waals surface area contributed by atoms with E-state index < -0.39 is 22.9 Å². The molecule has 0 saturated carbocycles. The fraction of sp³-hybridized carbons (Fsp3) is 0.263. The Bertz CT molecular complexity index is 952. The molecule has 1 amide bonds. The van der Waals surface area contributed by atoms with E-state index in [0.717, 1.165) is 6.07 Å². The quantitative estimate of drug-likeness (QED) is 0.309. The number of nitro groups is 1. The van der Waals surface area contributed by atoms with E-state index in [0.29, 0.717) is 16.5 Å². The van der Waals surface area contributed by atoms with Crippen molar-refractivity contribution >= 4 is 40.5 Å². The number of rotatable bonds is 9. The van der Waals surface area contributed by atoms with Crippen molar-refractivity contribution in [3.63, 3.8) is 0 Å². The maximum absolute atomic E-state index is 12.6. The highest BCUT2D eigenvalue weighted by Crippen LogP contribution is 2.28. The molecule has 30 heavy (non-hydrogen) atoms. The van der Waals surface area contributed by atoms with Gasteiger partial charge in [0, 0.05) is 29.4 Å². The van der Waals surface area contributed by atoms with Crippen LogP contribution < -0.4 is 15.4 Å². The zero-order valence-corrected chi connectivity index (χ0v) is 16.9. The van der Waals surface area contributed by atoms with Gasteiger partial charge in [0.25, 0.3) is 11.6 Å². The summed E-state index contributed by atoms with van der Waals surface area (Å²) < 4.78 is 10.3. The summed E-state index contributed by atoms with van der Waals surface area (Å²) in [6, 6.07) is 8.19. The molecular weight excluding hydrogens is 418 g/mol. The molecule has 0 aliphatic rings. The summed E-state index contributed by atoms with van der Waals surface area (Å²) in [5.74, 6) is -1.24. The monoisotopic (exact) mass is 437 g/mol. The summed E-state index contributed by atoms with van der Waals surface area (Å²) >= 11 is 5.93. The topological polar surface area (TPSA) is 140 Å². The van der Waals surface area contributed by atoms with Gasteiger partial charge in [0.2, 0.25) is 0 Å². The number of carbonyl (C=O) groups is 2. The highest BCUT2D eigenvalue weighted by atomic mass is 35.5. The van der Waals surface area contributed by atoms with E-state index in [-0.39, 0.29) is 30.1 Å². The lowest BCUT2D eigenvalue weighted by Gasteiger charge is -2.16. The van der Waals surface area contributed by atoms with Gasteiger partial charge in [-0.1, -0.05) is 11.6 Å². The lowest BCUT2D eigenvalue weighted by atomic mass is 10.1. The average molecular weight is 438 g/mol. The summed E-state index contributed by atoms with van der Waals surface area (Å²) in [4.78, 5) is 35.4. The van der Waals surface area contributed by atoms with Crippen molar-refractivity contribution in [1.29, 1.82) is 0 Å². The van der Waals surface area contributed by atoms with Crippen LogP contribution in [0.2, 0.25) is 5.02 Å². The predicted octanol–water partition coefficient (Wildman–Crippen LogP) is 2.85. The lowest BCUT2D eigenvalue weighted by Crippen LogP contribution is -2.30. The highest BCUT2D eigenvalue weighted by molar-refractivity contribution is 6.31. The van der Waals surface area contributed by atoms with Crippen LogP contribution in [0.4, 0.5) is 17.1 Å². The molecule has 0 fully saturated rings. The molecule has 2 rings (SSSR count). The molecule has 0 spiro atoms. The maximum Gasteiger partial charge on any atom is 0.341 e. The zero-order chi connectivity index (χ0) is 22.3. The van der Waals surface area contributed by atoms with Crippen molar-refractivity contribution in [3.8, 4) is 5.75 Å². The molecule has 1 unspecified atom stereocenters. The molecule has 0 aliphatic carbocycles. The van der Waals surface area contributed by atoms with Crippen LogP contribution in [-0.2, 0) is 9.53 Å². The summed E-state index contributed by atoms with van der Waals surface area (Å²) in [6.45, 7) is 1.25. The first-order valence-electron chi connectivity index (χ1n) is 8.75. The Balaban J connectivity index is 2.18. The number of methoxy groups -OCH3 is 1. The van der Waals surface area contributed by atoms with Crippen LogP contribution in [0.15, 0.2) is 36.4 Å². The van der Waals surface area contributed by atoms with Gasteiger partial charge in [0.1, 0.15) is 5.75 Å². The van der Waals surface area contributed by atoms with E-state index >= 15 is 0 Å². The molecule has 0 radical (unpaired) electrons. The normalized spacial score (nSPS) is 11.3. The van der Waals surface area contributed by atoms with Crippen molar-refractivity contribution in [3.05, 3.63) is 57.1 Å². The minimum absolute atomic E-state index is 0.114. The van der Waals surface area contributed by atoms with Gasteiger partial charge < -0.3 is 25.2 Å². The van der Waals surface area contributed by atoms with Gasteiger partial charge >= 0.3 is 5.97 Å². The minimum Gasteiger partial charge on any atom is -0.495 e. The van der Waals surface area contributed by atoms with E-state index in [1.54, 1.807) is 12.1 Å². The molecule has 11 heteroatoms. The summed E-state index contributed by atoms with van der Waals surface area (Å²) in [5.41, 5.74) is 0.0530. The Kier molecular flexibility index (Phi) is 7.96. The smallest absolute Gasteiger partial charge is 0.341 e. The van der Waals surface area contributed by atoms with Crippen LogP contribution in [-0.4, -0.2) is 48.3 Å². The van der Waals surface area contributed by atoms with Crippen LogP contribution in [0, 0.1) is 10.1 Å². The number of nitro benzene ring substituents is 1. The van der Waals surface area contributed by atoms with Crippen molar-refractivity contribution in [2.24, 2.45) is 0 Å². The van der Waals surface area contributed by atoms with Crippen LogP contribution in [0.3, 0.4) is 0 Å². The second kappa shape index (κ2) is 10.4. The molecule has 2 aromatic carbocycles. The van der Waals surface area contributed by atoms with Crippen molar-refractivity contribution in [2.75, 3.05) is 30.9 Å². The van der Waals surface area contributed by atoms with Gasteiger partial charge in [-0.25, -0.2) is 4.79 Å².